The predicted molar refractivity (Wildman–Crippen MR) is 56.1 cm³/mol. The predicted octanol–water partition coefficient (Wildman–Crippen LogP) is 1.72. The highest BCUT2D eigenvalue weighted by Gasteiger charge is 2.20. The van der Waals surface area contributed by atoms with E-state index in [-0.39, 0.29) is 5.82 Å². The van der Waals surface area contributed by atoms with Gasteiger partial charge in [0.2, 0.25) is 0 Å². The van der Waals surface area contributed by atoms with Crippen LogP contribution in [0.2, 0.25) is 0 Å². The fourth-order valence-electron chi connectivity index (χ4n) is 1.95. The van der Waals surface area contributed by atoms with Crippen molar-refractivity contribution in [2.24, 2.45) is 0 Å². The van der Waals surface area contributed by atoms with Crippen LogP contribution in [0.25, 0.3) is 0 Å². The molecule has 1 heterocycles. The summed E-state index contributed by atoms with van der Waals surface area (Å²) in [5, 5.41) is 3.32. The molecule has 0 saturated carbocycles. The van der Waals surface area contributed by atoms with Gasteiger partial charge in [0.25, 0.3) is 0 Å². The van der Waals surface area contributed by atoms with Crippen molar-refractivity contribution in [1.82, 2.24) is 4.90 Å². The molecule has 1 aliphatic rings. The molecule has 76 valence electrons. The van der Waals surface area contributed by atoms with Crippen LogP contribution in [0.3, 0.4) is 0 Å². The molecule has 0 radical (unpaired) electrons. The lowest BCUT2D eigenvalue weighted by Crippen LogP contribution is -2.30. The van der Waals surface area contributed by atoms with Crippen molar-refractivity contribution in [3.8, 4) is 0 Å². The molecule has 0 saturated heterocycles. The third-order valence-electron chi connectivity index (χ3n) is 2.48. The van der Waals surface area contributed by atoms with E-state index in [1.807, 2.05) is 20.2 Å². The van der Waals surface area contributed by atoms with Crippen LogP contribution in [0.4, 0.5) is 10.1 Å². The minimum atomic E-state index is -0.165. The number of rotatable bonds is 2. The van der Waals surface area contributed by atoms with Crippen LogP contribution in [-0.4, -0.2) is 31.6 Å². The number of benzene rings is 1. The van der Waals surface area contributed by atoms with E-state index in [9.17, 15) is 4.39 Å². The van der Waals surface area contributed by atoms with Crippen molar-refractivity contribution >= 4 is 5.69 Å². The lowest BCUT2D eigenvalue weighted by molar-refractivity contribution is 0.386. The molecule has 1 N–H and O–H groups in total. The molecule has 0 fully saturated rings. The van der Waals surface area contributed by atoms with Crippen molar-refractivity contribution in [2.75, 3.05) is 26.0 Å². The van der Waals surface area contributed by atoms with Gasteiger partial charge in [-0.15, -0.1) is 0 Å². The van der Waals surface area contributed by atoms with E-state index >= 15 is 0 Å². The summed E-state index contributed by atoms with van der Waals surface area (Å²) in [7, 11) is 4.09. The number of anilines is 1. The maximum Gasteiger partial charge on any atom is 0.125 e. The molecule has 1 aromatic rings. The van der Waals surface area contributed by atoms with Crippen molar-refractivity contribution in [3.63, 3.8) is 0 Å². The van der Waals surface area contributed by atoms with Crippen molar-refractivity contribution in [3.05, 3.63) is 29.6 Å². The Hall–Kier alpha value is -1.09. The molecule has 1 aliphatic heterocycles. The second-order valence-corrected chi connectivity index (χ2v) is 4.11. The van der Waals surface area contributed by atoms with Crippen LogP contribution in [0.5, 0.6) is 0 Å². The molecule has 1 atom stereocenters. The number of halogens is 1. The molecule has 0 aliphatic carbocycles. The molecule has 0 aromatic heterocycles. The molecular formula is C11H15FN2. The monoisotopic (exact) mass is 194 g/mol. The summed E-state index contributed by atoms with van der Waals surface area (Å²) in [4.78, 5) is 2.14. The highest BCUT2D eigenvalue weighted by molar-refractivity contribution is 5.56. The van der Waals surface area contributed by atoms with Gasteiger partial charge in [-0.25, -0.2) is 4.39 Å². The number of hydrogen-bond donors (Lipinski definition) is 1. The first kappa shape index (κ1) is 9.46. The van der Waals surface area contributed by atoms with Gasteiger partial charge in [0.05, 0.1) is 0 Å². The summed E-state index contributed by atoms with van der Waals surface area (Å²) in [6.07, 6.45) is 0.994. The lowest BCUT2D eigenvalue weighted by atomic mass is 10.1. The summed E-state index contributed by atoms with van der Waals surface area (Å²) < 4.78 is 12.9. The molecule has 3 heteroatoms. The van der Waals surface area contributed by atoms with E-state index in [0.717, 1.165) is 18.7 Å². The number of nitrogens with zero attached hydrogens (tertiary/aromatic N) is 1. The highest BCUT2D eigenvalue weighted by atomic mass is 19.1. The van der Waals surface area contributed by atoms with Crippen molar-refractivity contribution in [2.45, 2.75) is 12.5 Å². The molecule has 1 aromatic carbocycles. The average molecular weight is 194 g/mol. The van der Waals surface area contributed by atoms with E-state index in [1.165, 1.54) is 11.6 Å². The summed E-state index contributed by atoms with van der Waals surface area (Å²) in [6.45, 7) is 0.982. The highest BCUT2D eigenvalue weighted by Crippen LogP contribution is 2.26. The maximum atomic E-state index is 12.9. The Balaban J connectivity index is 2.10. The van der Waals surface area contributed by atoms with Crippen LogP contribution < -0.4 is 5.32 Å². The zero-order chi connectivity index (χ0) is 10.1. The number of hydrogen-bond acceptors (Lipinski definition) is 2. The minimum absolute atomic E-state index is 0.165. The zero-order valence-corrected chi connectivity index (χ0v) is 8.55. The Kier molecular flexibility index (Phi) is 2.42. The van der Waals surface area contributed by atoms with Crippen LogP contribution in [-0.2, 0) is 6.42 Å². The van der Waals surface area contributed by atoms with Gasteiger partial charge < -0.3 is 10.2 Å². The van der Waals surface area contributed by atoms with E-state index < -0.39 is 0 Å². The minimum Gasteiger partial charge on any atom is -0.380 e. The standard InChI is InChI=1S/C11H15FN2/c1-14(2)7-10-5-8-3-4-9(12)6-11(8)13-10/h3-4,6,10,13H,5,7H2,1-2H3. The molecule has 14 heavy (non-hydrogen) atoms. The Labute approximate surface area is 83.7 Å². The zero-order valence-electron chi connectivity index (χ0n) is 8.55. The second-order valence-electron chi connectivity index (χ2n) is 4.11. The fraction of sp³-hybridized carbons (Fsp3) is 0.455. The summed E-state index contributed by atoms with van der Waals surface area (Å²) in [6, 6.07) is 5.39. The van der Waals surface area contributed by atoms with Gasteiger partial charge in [-0.1, -0.05) is 6.07 Å². The van der Waals surface area contributed by atoms with Crippen molar-refractivity contribution in [1.29, 1.82) is 0 Å². The van der Waals surface area contributed by atoms with Gasteiger partial charge in [-0.05, 0) is 38.2 Å². The molecule has 2 rings (SSSR count). The first-order chi connectivity index (χ1) is 6.65. The molecular weight excluding hydrogens is 179 g/mol. The first-order valence-corrected chi connectivity index (χ1v) is 4.85. The van der Waals surface area contributed by atoms with E-state index in [2.05, 4.69) is 10.2 Å². The third-order valence-corrected chi connectivity index (χ3v) is 2.48. The maximum absolute atomic E-state index is 12.9. The molecule has 0 bridgehead atoms. The number of nitrogens with one attached hydrogen (secondary N) is 1. The average Bonchev–Trinajstić information content (AvgIpc) is 2.44. The van der Waals surface area contributed by atoms with Crippen LogP contribution in [0, 0.1) is 5.82 Å². The number of likely N-dealkylation sites (N-methyl/N-ethyl adjacent to an activating group) is 1. The largest absolute Gasteiger partial charge is 0.380 e. The Morgan fingerprint density at radius 2 is 2.29 bits per heavy atom. The summed E-state index contributed by atoms with van der Waals surface area (Å²) in [5.41, 5.74) is 2.18. The van der Waals surface area contributed by atoms with Crippen molar-refractivity contribution < 1.29 is 4.39 Å². The summed E-state index contributed by atoms with van der Waals surface area (Å²) >= 11 is 0. The van der Waals surface area contributed by atoms with Crippen LogP contribution in [0.15, 0.2) is 18.2 Å². The smallest absolute Gasteiger partial charge is 0.125 e. The van der Waals surface area contributed by atoms with E-state index in [4.69, 9.17) is 0 Å². The topological polar surface area (TPSA) is 15.3 Å². The van der Waals surface area contributed by atoms with Gasteiger partial charge in [0, 0.05) is 18.3 Å². The molecule has 1 unspecified atom stereocenters. The quantitative estimate of drug-likeness (QED) is 0.771. The van der Waals surface area contributed by atoms with Gasteiger partial charge in [0.15, 0.2) is 0 Å². The molecule has 2 nitrogen and oxygen atoms in total. The van der Waals surface area contributed by atoms with Gasteiger partial charge >= 0.3 is 0 Å². The van der Waals surface area contributed by atoms with Gasteiger partial charge in [-0.3, -0.25) is 0 Å². The lowest BCUT2D eigenvalue weighted by Gasteiger charge is -2.16. The molecule has 0 amide bonds. The third kappa shape index (κ3) is 1.87. The normalized spacial score (nSPS) is 19.6. The Morgan fingerprint density at radius 1 is 1.50 bits per heavy atom. The number of fused-ring (bicyclic) bond motifs is 1. The fourth-order valence-corrected chi connectivity index (χ4v) is 1.95. The van der Waals surface area contributed by atoms with Crippen LogP contribution in [0.1, 0.15) is 5.56 Å². The molecule has 0 spiro atoms. The van der Waals surface area contributed by atoms with Gasteiger partial charge in [0.1, 0.15) is 5.82 Å². The Bertz CT molecular complexity index is 336. The SMILES string of the molecule is CN(C)CC1Cc2ccc(F)cc2N1. The van der Waals surface area contributed by atoms with Crippen LogP contribution >= 0.6 is 0 Å². The van der Waals surface area contributed by atoms with E-state index in [1.54, 1.807) is 6.07 Å². The van der Waals surface area contributed by atoms with Gasteiger partial charge in [-0.2, -0.15) is 0 Å². The summed E-state index contributed by atoms with van der Waals surface area (Å²) in [5.74, 6) is -0.165. The second kappa shape index (κ2) is 3.58. The first-order valence-electron chi connectivity index (χ1n) is 4.85. The Morgan fingerprint density at radius 3 is 3.00 bits per heavy atom. The van der Waals surface area contributed by atoms with E-state index in [0.29, 0.717) is 6.04 Å².